The molecule has 2 rings (SSSR count). The minimum atomic E-state index is 0.428. The van der Waals surface area contributed by atoms with Crippen molar-refractivity contribution in [2.75, 3.05) is 5.73 Å². The molecule has 1 aromatic heterocycles. The summed E-state index contributed by atoms with van der Waals surface area (Å²) in [7, 11) is 0. The van der Waals surface area contributed by atoms with Crippen LogP contribution in [0.1, 0.15) is 23.9 Å². The van der Waals surface area contributed by atoms with Crippen LogP contribution in [0, 0.1) is 6.92 Å². The quantitative estimate of drug-likeness (QED) is 0.932. The van der Waals surface area contributed by atoms with E-state index in [9.17, 15) is 0 Å². The van der Waals surface area contributed by atoms with Gasteiger partial charge in [-0.3, -0.25) is 0 Å². The molecule has 4 nitrogen and oxygen atoms in total. The van der Waals surface area contributed by atoms with Gasteiger partial charge < -0.3 is 10.5 Å². The Hall–Kier alpha value is -1.81. The maximum absolute atomic E-state index is 5.84. The molecule has 100 valence electrons. The summed E-state index contributed by atoms with van der Waals surface area (Å²) in [5, 5.41) is 0.708. The van der Waals surface area contributed by atoms with Gasteiger partial charge in [-0.2, -0.15) is 4.98 Å². The third-order valence-electron chi connectivity index (χ3n) is 2.79. The van der Waals surface area contributed by atoms with E-state index >= 15 is 0 Å². The van der Waals surface area contributed by atoms with Gasteiger partial charge in [-0.25, -0.2) is 4.98 Å². The van der Waals surface area contributed by atoms with Crippen LogP contribution in [0.5, 0.6) is 5.88 Å². The van der Waals surface area contributed by atoms with Crippen molar-refractivity contribution in [3.63, 3.8) is 0 Å². The molecule has 0 aliphatic carbocycles. The number of anilines is 1. The summed E-state index contributed by atoms with van der Waals surface area (Å²) in [6.45, 7) is 4.26. The molecule has 0 saturated heterocycles. The van der Waals surface area contributed by atoms with E-state index in [-0.39, 0.29) is 0 Å². The molecule has 0 aliphatic rings. The lowest BCUT2D eigenvalue weighted by atomic mass is 10.2. The van der Waals surface area contributed by atoms with Gasteiger partial charge in [0.15, 0.2) is 0 Å². The minimum Gasteiger partial charge on any atom is -0.472 e. The van der Waals surface area contributed by atoms with E-state index in [0.717, 1.165) is 17.5 Å². The van der Waals surface area contributed by atoms with Crippen LogP contribution in [0.25, 0.3) is 0 Å². The molecule has 19 heavy (non-hydrogen) atoms. The van der Waals surface area contributed by atoms with Crippen molar-refractivity contribution in [2.45, 2.75) is 26.9 Å². The molecule has 2 aromatic rings. The van der Waals surface area contributed by atoms with Gasteiger partial charge in [0.2, 0.25) is 5.88 Å². The number of hydrogen-bond donors (Lipinski definition) is 1. The van der Waals surface area contributed by atoms with E-state index in [1.54, 1.807) is 0 Å². The van der Waals surface area contributed by atoms with Gasteiger partial charge in [0.1, 0.15) is 18.2 Å². The maximum Gasteiger partial charge on any atom is 0.222 e. The highest BCUT2D eigenvalue weighted by atomic mass is 35.5. The molecule has 0 saturated carbocycles. The lowest BCUT2D eigenvalue weighted by Gasteiger charge is -2.11. The highest BCUT2D eigenvalue weighted by molar-refractivity contribution is 6.30. The van der Waals surface area contributed by atoms with Crippen molar-refractivity contribution >= 4 is 17.4 Å². The first-order valence-electron chi connectivity index (χ1n) is 6.10. The minimum absolute atomic E-state index is 0.428. The van der Waals surface area contributed by atoms with Gasteiger partial charge in [-0.15, -0.1) is 0 Å². The van der Waals surface area contributed by atoms with Crippen LogP contribution in [0.15, 0.2) is 24.3 Å². The third-order valence-corrected chi connectivity index (χ3v) is 3.04. The van der Waals surface area contributed by atoms with Gasteiger partial charge in [0.25, 0.3) is 0 Å². The maximum atomic E-state index is 5.84. The molecule has 0 atom stereocenters. The predicted octanol–water partition coefficient (Wildman–Crippen LogP) is 3.16. The summed E-state index contributed by atoms with van der Waals surface area (Å²) in [4.78, 5) is 8.53. The molecule has 0 spiro atoms. The largest absolute Gasteiger partial charge is 0.472 e. The topological polar surface area (TPSA) is 61.0 Å². The Morgan fingerprint density at radius 2 is 1.89 bits per heavy atom. The van der Waals surface area contributed by atoms with Crippen molar-refractivity contribution < 1.29 is 4.74 Å². The highest BCUT2D eigenvalue weighted by Gasteiger charge is 2.09. The fourth-order valence-corrected chi connectivity index (χ4v) is 1.72. The molecule has 0 radical (unpaired) electrons. The zero-order valence-electron chi connectivity index (χ0n) is 11.0. The van der Waals surface area contributed by atoms with E-state index in [4.69, 9.17) is 22.1 Å². The van der Waals surface area contributed by atoms with Crippen molar-refractivity contribution in [2.24, 2.45) is 0 Å². The Morgan fingerprint density at radius 1 is 1.21 bits per heavy atom. The second kappa shape index (κ2) is 5.89. The Labute approximate surface area is 117 Å². The van der Waals surface area contributed by atoms with Crippen molar-refractivity contribution in [3.8, 4) is 5.88 Å². The molecule has 0 amide bonds. The van der Waals surface area contributed by atoms with E-state index < -0.39 is 0 Å². The van der Waals surface area contributed by atoms with E-state index in [1.165, 1.54) is 0 Å². The monoisotopic (exact) mass is 277 g/mol. The van der Waals surface area contributed by atoms with Gasteiger partial charge in [-0.1, -0.05) is 30.7 Å². The average molecular weight is 278 g/mol. The summed E-state index contributed by atoms with van der Waals surface area (Å²) in [5.74, 6) is 1.70. The van der Waals surface area contributed by atoms with Crippen molar-refractivity contribution in [3.05, 3.63) is 46.2 Å². The van der Waals surface area contributed by atoms with Crippen LogP contribution < -0.4 is 10.5 Å². The number of aromatic nitrogens is 2. The number of benzene rings is 1. The second-order valence-electron chi connectivity index (χ2n) is 4.22. The first-order chi connectivity index (χ1) is 9.10. The van der Waals surface area contributed by atoms with E-state index in [2.05, 4.69) is 9.97 Å². The predicted molar refractivity (Wildman–Crippen MR) is 76.3 cm³/mol. The fourth-order valence-electron chi connectivity index (χ4n) is 1.59. The number of nitrogens with zero attached hydrogens (tertiary/aromatic N) is 2. The molecule has 0 unspecified atom stereocenters. The number of nitrogens with two attached hydrogens (primary N) is 1. The third kappa shape index (κ3) is 3.35. The molecular formula is C14H16ClN3O. The summed E-state index contributed by atoms with van der Waals surface area (Å²) < 4.78 is 5.71. The Bertz CT molecular complexity index is 570. The first-order valence-corrected chi connectivity index (χ1v) is 6.48. The molecule has 0 aliphatic heterocycles. The molecule has 5 heteroatoms. The molecule has 2 N–H and O–H groups in total. The number of rotatable bonds is 4. The molecule has 0 fully saturated rings. The Kier molecular flexibility index (Phi) is 4.22. The fraction of sp³-hybridized carbons (Fsp3) is 0.286. The van der Waals surface area contributed by atoms with Crippen LogP contribution in [0.2, 0.25) is 5.02 Å². The summed E-state index contributed by atoms with van der Waals surface area (Å²) in [6, 6.07) is 7.50. The zero-order chi connectivity index (χ0) is 13.8. The second-order valence-corrected chi connectivity index (χ2v) is 4.66. The summed E-state index contributed by atoms with van der Waals surface area (Å²) in [6.07, 6.45) is 0.724. The van der Waals surface area contributed by atoms with Gasteiger partial charge in [0.05, 0.1) is 5.56 Å². The Morgan fingerprint density at radius 3 is 2.53 bits per heavy atom. The van der Waals surface area contributed by atoms with Crippen LogP contribution in [0.3, 0.4) is 0 Å². The van der Waals surface area contributed by atoms with Crippen LogP contribution in [-0.2, 0) is 13.0 Å². The lowest BCUT2D eigenvalue weighted by molar-refractivity contribution is 0.290. The summed E-state index contributed by atoms with van der Waals surface area (Å²) in [5.41, 5.74) is 7.63. The van der Waals surface area contributed by atoms with Gasteiger partial charge in [0, 0.05) is 11.4 Å². The Balaban J connectivity index is 2.14. The number of aryl methyl sites for hydroxylation is 1. The zero-order valence-corrected chi connectivity index (χ0v) is 11.7. The normalized spacial score (nSPS) is 10.5. The lowest BCUT2D eigenvalue weighted by Crippen LogP contribution is -2.06. The molecular weight excluding hydrogens is 262 g/mol. The standard InChI is InChI=1S/C14H16ClN3O/c1-3-12-17-13(16)9(2)14(18-12)19-8-10-4-6-11(15)7-5-10/h4-7H,3,8H2,1-2H3,(H2,16,17,18). The van der Waals surface area contributed by atoms with Gasteiger partial charge in [-0.05, 0) is 24.6 Å². The van der Waals surface area contributed by atoms with Gasteiger partial charge >= 0.3 is 0 Å². The number of ether oxygens (including phenoxy) is 1. The number of halogens is 1. The summed E-state index contributed by atoms with van der Waals surface area (Å²) >= 11 is 5.84. The van der Waals surface area contributed by atoms with Crippen molar-refractivity contribution in [1.82, 2.24) is 9.97 Å². The molecule has 1 heterocycles. The number of nitrogen functional groups attached to an aromatic ring is 1. The van der Waals surface area contributed by atoms with Crippen LogP contribution in [0.4, 0.5) is 5.82 Å². The SMILES string of the molecule is CCc1nc(N)c(C)c(OCc2ccc(Cl)cc2)n1. The van der Waals surface area contributed by atoms with E-state index in [1.807, 2.05) is 38.1 Å². The van der Waals surface area contributed by atoms with Crippen LogP contribution >= 0.6 is 11.6 Å². The van der Waals surface area contributed by atoms with Crippen LogP contribution in [-0.4, -0.2) is 9.97 Å². The number of hydrogen-bond acceptors (Lipinski definition) is 4. The molecule has 0 bridgehead atoms. The average Bonchev–Trinajstić information content (AvgIpc) is 2.42. The molecule has 1 aromatic carbocycles. The highest BCUT2D eigenvalue weighted by Crippen LogP contribution is 2.21. The smallest absolute Gasteiger partial charge is 0.222 e. The van der Waals surface area contributed by atoms with E-state index in [0.29, 0.717) is 29.2 Å². The first kappa shape index (κ1) is 13.6. The van der Waals surface area contributed by atoms with Crippen molar-refractivity contribution in [1.29, 1.82) is 0 Å².